The van der Waals surface area contributed by atoms with Crippen LogP contribution in [-0.4, -0.2) is 12.1 Å². The topological polar surface area (TPSA) is 60.2 Å². The van der Waals surface area contributed by atoms with Gasteiger partial charge < -0.3 is 15.8 Å². The van der Waals surface area contributed by atoms with Crippen molar-refractivity contribution in [2.75, 3.05) is 18.2 Å². The molecule has 2 aromatic rings. The Balaban J connectivity index is 2.37. The van der Waals surface area contributed by atoms with E-state index in [2.05, 4.69) is 58.1 Å². The summed E-state index contributed by atoms with van der Waals surface area (Å²) >= 11 is 10.3. The number of rotatable bonds is 3. The Morgan fingerprint density at radius 3 is 2.47 bits per heavy atom. The first-order valence-corrected chi connectivity index (χ1v) is 7.60. The molecule has 0 amide bonds. The number of aromatic nitrogens is 1. The number of hydrogen-bond donors (Lipinski definition) is 2. The number of nitrogens with one attached hydrogen (secondary N) is 1. The second kappa shape index (κ2) is 6.11. The summed E-state index contributed by atoms with van der Waals surface area (Å²) in [5, 5.41) is 3.21. The van der Waals surface area contributed by atoms with Crippen LogP contribution in [0.3, 0.4) is 0 Å². The first-order valence-electron chi connectivity index (χ1n) is 5.22. The summed E-state index contributed by atoms with van der Waals surface area (Å²) in [6, 6.07) is 5.57. The zero-order valence-corrected chi connectivity index (χ0v) is 14.6. The molecule has 0 aliphatic carbocycles. The van der Waals surface area contributed by atoms with E-state index < -0.39 is 0 Å². The number of ether oxygens (including phenoxy) is 1. The Hall–Kier alpha value is -0.790. The molecule has 19 heavy (non-hydrogen) atoms. The second-order valence-electron chi connectivity index (χ2n) is 3.69. The molecule has 0 bridgehead atoms. The molecule has 0 fully saturated rings. The second-order valence-corrected chi connectivity index (χ2v) is 6.25. The molecule has 3 N–H and O–H groups in total. The fourth-order valence-electron chi connectivity index (χ4n) is 1.45. The molecule has 1 aromatic heterocycles. The lowest BCUT2D eigenvalue weighted by molar-refractivity contribution is 0.412. The van der Waals surface area contributed by atoms with Crippen molar-refractivity contribution < 1.29 is 4.74 Å². The summed E-state index contributed by atoms with van der Waals surface area (Å²) in [5.74, 6) is 1.41. The third-order valence-electron chi connectivity index (χ3n) is 2.36. The van der Waals surface area contributed by atoms with Gasteiger partial charge in [0, 0.05) is 10.5 Å². The summed E-state index contributed by atoms with van der Waals surface area (Å²) in [6.45, 7) is 0. The van der Waals surface area contributed by atoms with Crippen LogP contribution in [0.1, 0.15) is 0 Å². The molecule has 100 valence electrons. The van der Waals surface area contributed by atoms with E-state index in [9.17, 15) is 0 Å². The van der Waals surface area contributed by atoms with Crippen LogP contribution in [0.5, 0.6) is 5.75 Å². The summed E-state index contributed by atoms with van der Waals surface area (Å²) in [5.41, 5.74) is 7.11. The van der Waals surface area contributed by atoms with Gasteiger partial charge in [-0.05, 0) is 59.9 Å². The van der Waals surface area contributed by atoms with Gasteiger partial charge in [-0.1, -0.05) is 0 Å². The van der Waals surface area contributed by atoms with Crippen molar-refractivity contribution in [2.45, 2.75) is 0 Å². The van der Waals surface area contributed by atoms with Gasteiger partial charge in [0.05, 0.1) is 33.6 Å². The van der Waals surface area contributed by atoms with E-state index in [1.165, 1.54) is 0 Å². The summed E-state index contributed by atoms with van der Waals surface area (Å²) in [6.07, 6.45) is 1.59. The molecule has 0 aliphatic heterocycles. The quantitative estimate of drug-likeness (QED) is 0.710. The fourth-order valence-corrected chi connectivity index (χ4v) is 3.17. The maximum absolute atomic E-state index is 5.66. The largest absolute Gasteiger partial charge is 0.495 e. The van der Waals surface area contributed by atoms with Crippen LogP contribution < -0.4 is 15.8 Å². The zero-order valence-electron chi connectivity index (χ0n) is 9.88. The van der Waals surface area contributed by atoms with Gasteiger partial charge in [-0.25, -0.2) is 4.98 Å². The molecule has 1 heterocycles. The highest BCUT2D eigenvalue weighted by Crippen LogP contribution is 2.36. The smallest absolute Gasteiger partial charge is 0.144 e. The van der Waals surface area contributed by atoms with Gasteiger partial charge in [-0.15, -0.1) is 0 Å². The molecule has 0 unspecified atom stereocenters. The Morgan fingerprint density at radius 1 is 1.11 bits per heavy atom. The SMILES string of the molecule is COc1cc(Nc2ncc(N)cc2Br)c(Br)cc1Br. The normalized spacial score (nSPS) is 10.3. The van der Waals surface area contributed by atoms with Crippen LogP contribution >= 0.6 is 47.8 Å². The highest BCUT2D eigenvalue weighted by molar-refractivity contribution is 9.11. The van der Waals surface area contributed by atoms with Crippen molar-refractivity contribution in [1.29, 1.82) is 0 Å². The lowest BCUT2D eigenvalue weighted by atomic mass is 10.3. The molecule has 1 aromatic carbocycles. The number of halogens is 3. The molecular formula is C12H10Br3N3O. The van der Waals surface area contributed by atoms with Crippen molar-refractivity contribution in [3.8, 4) is 5.75 Å². The van der Waals surface area contributed by atoms with Gasteiger partial charge in [-0.2, -0.15) is 0 Å². The number of benzene rings is 1. The third-order valence-corrected chi connectivity index (χ3v) is 4.24. The standard InChI is InChI=1S/C12H10Br3N3O/c1-19-11-4-10(7(13)3-8(11)14)18-12-9(15)2-6(16)5-17-12/h2-5H,16H2,1H3,(H,17,18). The van der Waals surface area contributed by atoms with Gasteiger partial charge in [0.25, 0.3) is 0 Å². The van der Waals surface area contributed by atoms with Crippen molar-refractivity contribution >= 4 is 65.0 Å². The highest BCUT2D eigenvalue weighted by Gasteiger charge is 2.09. The monoisotopic (exact) mass is 449 g/mol. The van der Waals surface area contributed by atoms with E-state index in [0.29, 0.717) is 11.5 Å². The van der Waals surface area contributed by atoms with Gasteiger partial charge >= 0.3 is 0 Å². The van der Waals surface area contributed by atoms with E-state index in [0.717, 1.165) is 24.9 Å². The fraction of sp³-hybridized carbons (Fsp3) is 0.0833. The number of hydrogen-bond acceptors (Lipinski definition) is 4. The predicted octanol–water partition coefficient (Wildman–Crippen LogP) is 4.70. The van der Waals surface area contributed by atoms with Crippen molar-refractivity contribution in [3.63, 3.8) is 0 Å². The van der Waals surface area contributed by atoms with Crippen LogP contribution in [0.2, 0.25) is 0 Å². The maximum atomic E-state index is 5.66. The lowest BCUT2D eigenvalue weighted by Crippen LogP contribution is -1.98. The maximum Gasteiger partial charge on any atom is 0.144 e. The predicted molar refractivity (Wildman–Crippen MR) is 88.0 cm³/mol. The number of methoxy groups -OCH3 is 1. The van der Waals surface area contributed by atoms with E-state index in [1.807, 2.05) is 12.1 Å². The van der Waals surface area contributed by atoms with Crippen LogP contribution in [0.15, 0.2) is 37.8 Å². The van der Waals surface area contributed by atoms with Gasteiger partial charge in [-0.3, -0.25) is 0 Å². The summed E-state index contributed by atoms with van der Waals surface area (Å²) < 4.78 is 7.83. The van der Waals surface area contributed by atoms with E-state index >= 15 is 0 Å². The van der Waals surface area contributed by atoms with E-state index in [-0.39, 0.29) is 0 Å². The minimum atomic E-state index is 0.602. The minimum Gasteiger partial charge on any atom is -0.495 e. The summed E-state index contributed by atoms with van der Waals surface area (Å²) in [4.78, 5) is 4.24. The van der Waals surface area contributed by atoms with E-state index in [4.69, 9.17) is 10.5 Å². The molecule has 0 saturated carbocycles. The van der Waals surface area contributed by atoms with Crippen LogP contribution in [0.4, 0.5) is 17.2 Å². The summed E-state index contributed by atoms with van der Waals surface area (Å²) in [7, 11) is 1.62. The molecule has 0 atom stereocenters. The Kier molecular flexibility index (Phi) is 4.70. The Morgan fingerprint density at radius 2 is 1.84 bits per heavy atom. The van der Waals surface area contributed by atoms with Crippen LogP contribution in [-0.2, 0) is 0 Å². The van der Waals surface area contributed by atoms with Gasteiger partial charge in [0.15, 0.2) is 0 Å². The number of pyridine rings is 1. The van der Waals surface area contributed by atoms with Gasteiger partial charge in [0.2, 0.25) is 0 Å². The van der Waals surface area contributed by atoms with Crippen LogP contribution in [0.25, 0.3) is 0 Å². The molecule has 7 heteroatoms. The Labute approximate surface area is 136 Å². The van der Waals surface area contributed by atoms with Crippen LogP contribution in [0, 0.1) is 0 Å². The average Bonchev–Trinajstić information content (AvgIpc) is 2.35. The number of nitrogens with two attached hydrogens (primary N) is 1. The van der Waals surface area contributed by atoms with E-state index in [1.54, 1.807) is 19.4 Å². The first-order chi connectivity index (χ1) is 9.01. The molecule has 0 spiro atoms. The lowest BCUT2D eigenvalue weighted by Gasteiger charge is -2.12. The molecule has 0 aliphatic rings. The average molecular weight is 452 g/mol. The van der Waals surface area contributed by atoms with Crippen molar-refractivity contribution in [1.82, 2.24) is 4.98 Å². The number of anilines is 3. The molecule has 0 saturated heterocycles. The first kappa shape index (κ1) is 14.6. The highest BCUT2D eigenvalue weighted by atomic mass is 79.9. The number of nitrogens with zero attached hydrogens (tertiary/aromatic N) is 1. The molecular weight excluding hydrogens is 442 g/mol. The Bertz CT molecular complexity index is 619. The minimum absolute atomic E-state index is 0.602. The van der Waals surface area contributed by atoms with Crippen molar-refractivity contribution in [3.05, 3.63) is 37.8 Å². The van der Waals surface area contributed by atoms with Crippen molar-refractivity contribution in [2.24, 2.45) is 0 Å². The molecule has 4 nitrogen and oxygen atoms in total. The third kappa shape index (κ3) is 3.40. The number of nitrogen functional groups attached to an aromatic ring is 1. The van der Waals surface area contributed by atoms with Gasteiger partial charge in [0.1, 0.15) is 11.6 Å². The zero-order chi connectivity index (χ0) is 14.0. The molecule has 0 radical (unpaired) electrons. The molecule has 2 rings (SSSR count).